The molecule has 0 fully saturated rings. The van der Waals surface area contributed by atoms with Gasteiger partial charge in [0, 0.05) is 16.3 Å². The van der Waals surface area contributed by atoms with Crippen LogP contribution in [0.5, 0.6) is 11.5 Å². The second kappa shape index (κ2) is 7.84. The van der Waals surface area contributed by atoms with Crippen molar-refractivity contribution >= 4 is 21.8 Å². The van der Waals surface area contributed by atoms with Crippen molar-refractivity contribution in [3.63, 3.8) is 0 Å². The normalized spacial score (nSPS) is 12.5. The Morgan fingerprint density at radius 2 is 1.51 bits per heavy atom. The molecule has 0 aliphatic rings. The van der Waals surface area contributed by atoms with Gasteiger partial charge in [-0.25, -0.2) is 9.67 Å². The molecule has 0 atom stereocenters. The molecule has 2 aromatic heterocycles. The molecule has 178 valence electrons. The molecule has 0 amide bonds. The smallest absolute Gasteiger partial charge is 0.145 e. The molecule has 0 saturated heterocycles. The van der Waals surface area contributed by atoms with Crippen LogP contribution >= 0.6 is 0 Å². The summed E-state index contributed by atoms with van der Waals surface area (Å²) < 4.78 is 1.82. The predicted octanol–water partition coefficient (Wildman–Crippen LogP) is 7.25. The standard InChI is InChI=1S/C30H31N3O2/c1-29(2,3)19-16-21(30(4,5)6)28(35)24(17-19)33-23-12-8-7-11-20(23)27(32-33)22-15-14-18-10-9-13-25(34)26(18)31-22/h7-17,34-35H,1-6H3. The van der Waals surface area contributed by atoms with Gasteiger partial charge < -0.3 is 10.2 Å². The topological polar surface area (TPSA) is 71.2 Å². The van der Waals surface area contributed by atoms with Gasteiger partial charge in [-0.2, -0.15) is 5.10 Å². The van der Waals surface area contributed by atoms with Crippen LogP contribution in [0.25, 0.3) is 38.9 Å². The van der Waals surface area contributed by atoms with Crippen LogP contribution in [0, 0.1) is 0 Å². The van der Waals surface area contributed by atoms with Crippen LogP contribution < -0.4 is 0 Å². The summed E-state index contributed by atoms with van der Waals surface area (Å²) in [6.07, 6.45) is 0. The first-order valence-corrected chi connectivity index (χ1v) is 11.9. The summed E-state index contributed by atoms with van der Waals surface area (Å²) in [6, 6.07) is 21.3. The molecule has 2 heterocycles. The predicted molar refractivity (Wildman–Crippen MR) is 143 cm³/mol. The molecule has 0 aliphatic heterocycles. The van der Waals surface area contributed by atoms with E-state index in [0.29, 0.717) is 22.6 Å². The maximum absolute atomic E-state index is 11.5. The van der Waals surface area contributed by atoms with Crippen molar-refractivity contribution in [2.45, 2.75) is 52.4 Å². The molecular formula is C30H31N3O2. The first-order chi connectivity index (χ1) is 16.4. The number of fused-ring (bicyclic) bond motifs is 2. The van der Waals surface area contributed by atoms with Crippen molar-refractivity contribution in [3.8, 4) is 28.6 Å². The average Bonchev–Trinajstić information content (AvgIpc) is 3.17. The van der Waals surface area contributed by atoms with Crippen molar-refractivity contribution in [3.05, 3.63) is 77.9 Å². The fourth-order valence-corrected chi connectivity index (χ4v) is 4.49. The highest BCUT2D eigenvalue weighted by molar-refractivity contribution is 5.95. The number of benzene rings is 3. The molecule has 0 aliphatic carbocycles. The number of aromatic hydroxyl groups is 2. The van der Waals surface area contributed by atoms with Crippen molar-refractivity contribution in [1.29, 1.82) is 0 Å². The third kappa shape index (κ3) is 3.91. The van der Waals surface area contributed by atoms with Crippen LogP contribution in [0.1, 0.15) is 52.7 Å². The van der Waals surface area contributed by atoms with E-state index in [1.165, 1.54) is 0 Å². The van der Waals surface area contributed by atoms with Gasteiger partial charge in [0.2, 0.25) is 0 Å². The minimum Gasteiger partial charge on any atom is -0.506 e. The molecule has 2 N–H and O–H groups in total. The lowest BCUT2D eigenvalue weighted by atomic mass is 9.79. The first kappa shape index (κ1) is 22.9. The average molecular weight is 466 g/mol. The summed E-state index contributed by atoms with van der Waals surface area (Å²) in [5.41, 5.74) is 5.09. The Hall–Kier alpha value is -3.86. The second-order valence-electron chi connectivity index (χ2n) is 11.2. The number of para-hydroxylation sites is 2. The van der Waals surface area contributed by atoms with E-state index in [1.807, 2.05) is 53.2 Å². The van der Waals surface area contributed by atoms with Crippen molar-refractivity contribution in [2.24, 2.45) is 0 Å². The summed E-state index contributed by atoms with van der Waals surface area (Å²) in [7, 11) is 0. The van der Waals surface area contributed by atoms with E-state index < -0.39 is 0 Å². The molecule has 5 heteroatoms. The van der Waals surface area contributed by atoms with Gasteiger partial charge in [-0.1, -0.05) is 84.0 Å². The van der Waals surface area contributed by atoms with E-state index in [9.17, 15) is 10.2 Å². The summed E-state index contributed by atoms with van der Waals surface area (Å²) >= 11 is 0. The van der Waals surface area contributed by atoms with E-state index in [0.717, 1.165) is 27.4 Å². The Kier molecular flexibility index (Phi) is 5.13. The minimum atomic E-state index is -0.247. The molecule has 0 spiro atoms. The third-order valence-electron chi connectivity index (χ3n) is 6.52. The van der Waals surface area contributed by atoms with Crippen LogP contribution in [0.4, 0.5) is 0 Å². The van der Waals surface area contributed by atoms with Gasteiger partial charge in [0.25, 0.3) is 0 Å². The molecule has 0 bridgehead atoms. The molecule has 0 saturated carbocycles. The number of hydrogen-bond acceptors (Lipinski definition) is 4. The SMILES string of the molecule is CC(C)(C)c1cc(-n2nc(-c3ccc4cccc(O)c4n3)c3ccccc32)c(O)c(C(C)(C)C)c1. The monoisotopic (exact) mass is 465 g/mol. The van der Waals surface area contributed by atoms with Crippen LogP contribution in [0.15, 0.2) is 66.7 Å². The highest BCUT2D eigenvalue weighted by Crippen LogP contribution is 2.41. The van der Waals surface area contributed by atoms with Gasteiger partial charge in [-0.15, -0.1) is 0 Å². The zero-order valence-corrected chi connectivity index (χ0v) is 21.1. The lowest BCUT2D eigenvalue weighted by molar-refractivity contribution is 0.441. The number of phenols is 2. The third-order valence-corrected chi connectivity index (χ3v) is 6.52. The van der Waals surface area contributed by atoms with Crippen LogP contribution in [0.3, 0.4) is 0 Å². The van der Waals surface area contributed by atoms with Gasteiger partial charge in [-0.3, -0.25) is 0 Å². The maximum Gasteiger partial charge on any atom is 0.145 e. The molecule has 5 rings (SSSR count). The van der Waals surface area contributed by atoms with Crippen LogP contribution in [0.2, 0.25) is 0 Å². The lowest BCUT2D eigenvalue weighted by Crippen LogP contribution is -2.18. The van der Waals surface area contributed by atoms with Gasteiger partial charge >= 0.3 is 0 Å². The Morgan fingerprint density at radius 1 is 0.771 bits per heavy atom. The summed E-state index contributed by atoms with van der Waals surface area (Å²) in [6.45, 7) is 12.8. The van der Waals surface area contributed by atoms with Crippen molar-refractivity contribution in [1.82, 2.24) is 14.8 Å². The van der Waals surface area contributed by atoms with Crippen molar-refractivity contribution < 1.29 is 10.2 Å². The molecule has 35 heavy (non-hydrogen) atoms. The van der Waals surface area contributed by atoms with E-state index >= 15 is 0 Å². The summed E-state index contributed by atoms with van der Waals surface area (Å²) in [5, 5.41) is 28.6. The van der Waals surface area contributed by atoms with E-state index in [-0.39, 0.29) is 22.3 Å². The van der Waals surface area contributed by atoms with E-state index in [4.69, 9.17) is 10.1 Å². The highest BCUT2D eigenvalue weighted by Gasteiger charge is 2.27. The van der Waals surface area contributed by atoms with Gasteiger partial charge in [-0.05, 0) is 40.7 Å². The van der Waals surface area contributed by atoms with Gasteiger partial charge in [0.15, 0.2) is 0 Å². The number of hydrogen-bond donors (Lipinski definition) is 2. The number of nitrogens with zero attached hydrogens (tertiary/aromatic N) is 3. The van der Waals surface area contributed by atoms with Gasteiger partial charge in [0.05, 0.1) is 11.2 Å². The van der Waals surface area contributed by atoms with Gasteiger partial charge in [0.1, 0.15) is 28.4 Å². The quantitative estimate of drug-likeness (QED) is 0.288. The summed E-state index contributed by atoms with van der Waals surface area (Å²) in [4.78, 5) is 4.75. The molecule has 0 radical (unpaired) electrons. The summed E-state index contributed by atoms with van der Waals surface area (Å²) in [5.74, 6) is 0.368. The fraction of sp³-hybridized carbons (Fsp3) is 0.267. The number of rotatable bonds is 2. The minimum absolute atomic E-state index is 0.105. The zero-order chi connectivity index (χ0) is 25.1. The second-order valence-corrected chi connectivity index (χ2v) is 11.2. The molecule has 5 aromatic rings. The van der Waals surface area contributed by atoms with Crippen LogP contribution in [-0.2, 0) is 10.8 Å². The Morgan fingerprint density at radius 3 is 2.23 bits per heavy atom. The Bertz CT molecular complexity index is 1580. The molecule has 3 aromatic carbocycles. The number of pyridine rings is 1. The highest BCUT2D eigenvalue weighted by atomic mass is 16.3. The molecule has 0 unspecified atom stereocenters. The zero-order valence-electron chi connectivity index (χ0n) is 21.1. The lowest BCUT2D eigenvalue weighted by Gasteiger charge is -2.27. The fourth-order valence-electron chi connectivity index (χ4n) is 4.49. The van der Waals surface area contributed by atoms with E-state index in [2.05, 4.69) is 47.6 Å². The van der Waals surface area contributed by atoms with Crippen LogP contribution in [-0.4, -0.2) is 25.0 Å². The van der Waals surface area contributed by atoms with Crippen molar-refractivity contribution in [2.75, 3.05) is 0 Å². The Balaban J connectivity index is 1.81. The molecule has 5 nitrogen and oxygen atoms in total. The van der Waals surface area contributed by atoms with E-state index in [1.54, 1.807) is 12.1 Å². The largest absolute Gasteiger partial charge is 0.506 e. The number of phenolic OH excluding ortho intramolecular Hbond substituents is 2. The first-order valence-electron chi connectivity index (χ1n) is 11.9. The Labute approximate surface area is 205 Å². The maximum atomic E-state index is 11.5. The number of aromatic nitrogens is 3. The molecular weight excluding hydrogens is 434 g/mol.